The molecule has 3 amide bonds. The van der Waals surface area contributed by atoms with E-state index < -0.39 is 0 Å². The number of urea groups is 1. The Kier molecular flexibility index (Phi) is 10.4. The quantitative estimate of drug-likeness (QED) is 0.348. The van der Waals surface area contributed by atoms with Crippen molar-refractivity contribution in [1.29, 1.82) is 0 Å². The summed E-state index contributed by atoms with van der Waals surface area (Å²) in [6.07, 6.45) is 0.741. The van der Waals surface area contributed by atoms with Gasteiger partial charge in [0.25, 0.3) is 0 Å². The summed E-state index contributed by atoms with van der Waals surface area (Å²) < 4.78 is 11.2. The monoisotopic (exact) mass is 552 g/mol. The molecule has 0 bridgehead atoms. The lowest BCUT2D eigenvalue weighted by Crippen LogP contribution is -2.45. The zero-order chi connectivity index (χ0) is 27.6. The molecular weight excluding hydrogens is 516 g/mol. The van der Waals surface area contributed by atoms with E-state index in [0.717, 1.165) is 56.2 Å². The fourth-order valence-electron chi connectivity index (χ4n) is 4.49. The van der Waals surface area contributed by atoms with Crippen LogP contribution < -0.4 is 5.32 Å². The summed E-state index contributed by atoms with van der Waals surface area (Å²) in [4.78, 5) is 32.8. The number of morpholine rings is 1. The molecule has 1 aromatic heterocycles. The Hall–Kier alpha value is -3.33. The average Bonchev–Trinajstić information content (AvgIpc) is 3.35. The van der Waals surface area contributed by atoms with Crippen molar-refractivity contribution in [3.8, 4) is 0 Å². The Morgan fingerprint density at radius 3 is 2.44 bits per heavy atom. The maximum Gasteiger partial charge on any atom is 0.322 e. The highest BCUT2D eigenvalue weighted by Gasteiger charge is 2.23. The molecule has 39 heavy (non-hydrogen) atoms. The Balaban J connectivity index is 1.48. The number of ether oxygens (including phenoxy) is 1. The third-order valence-corrected chi connectivity index (χ3v) is 7.16. The molecule has 1 saturated heterocycles. The summed E-state index contributed by atoms with van der Waals surface area (Å²) in [6, 6.07) is 18.7. The molecule has 4 rings (SSSR count). The van der Waals surface area contributed by atoms with Crippen molar-refractivity contribution in [2.45, 2.75) is 33.4 Å². The van der Waals surface area contributed by atoms with E-state index in [4.69, 9.17) is 20.8 Å². The van der Waals surface area contributed by atoms with Crippen LogP contribution in [0.1, 0.15) is 29.1 Å². The molecule has 1 N–H and O–H groups in total. The standard InChI is InChI=1S/C30H37ClN4O4/c1-23-9-11-26(19-28(23)31)32-30(37)34(14-6-13-33-15-17-38-18-16-33)22-29(36)35(20-25-7-4-3-5-8-25)21-27-12-10-24(2)39-27/h3-5,7-12,19H,6,13-18,20-22H2,1-2H3,(H,32,37). The first-order valence-corrected chi connectivity index (χ1v) is 13.7. The molecule has 0 radical (unpaired) electrons. The third-order valence-electron chi connectivity index (χ3n) is 6.75. The van der Waals surface area contributed by atoms with Crippen molar-refractivity contribution in [3.63, 3.8) is 0 Å². The normalized spacial score (nSPS) is 13.7. The number of anilines is 1. The molecule has 3 aromatic rings. The van der Waals surface area contributed by atoms with E-state index in [1.165, 1.54) is 0 Å². The summed E-state index contributed by atoms with van der Waals surface area (Å²) in [5.41, 5.74) is 2.53. The predicted octanol–water partition coefficient (Wildman–Crippen LogP) is 5.34. The van der Waals surface area contributed by atoms with Crippen LogP contribution in [0.5, 0.6) is 0 Å². The molecule has 0 aliphatic carbocycles. The van der Waals surface area contributed by atoms with Crippen molar-refractivity contribution in [1.82, 2.24) is 14.7 Å². The van der Waals surface area contributed by atoms with Gasteiger partial charge >= 0.3 is 6.03 Å². The Bertz CT molecular complexity index is 1230. The summed E-state index contributed by atoms with van der Waals surface area (Å²) in [5.74, 6) is 1.34. The maximum atomic E-state index is 13.7. The number of hydrogen-bond acceptors (Lipinski definition) is 5. The number of carbonyl (C=O) groups excluding carboxylic acids is 2. The molecule has 0 saturated carbocycles. The Labute approximate surface area is 235 Å². The first kappa shape index (κ1) is 28.7. The highest BCUT2D eigenvalue weighted by atomic mass is 35.5. The SMILES string of the molecule is Cc1ccc(CN(Cc2ccccc2)C(=O)CN(CCCN2CCOCC2)C(=O)Nc2ccc(C)c(Cl)c2)o1. The van der Waals surface area contributed by atoms with Crippen LogP contribution in [0.3, 0.4) is 0 Å². The lowest BCUT2D eigenvalue weighted by Gasteiger charge is -2.30. The van der Waals surface area contributed by atoms with Gasteiger partial charge in [-0.05, 0) is 55.7 Å². The minimum Gasteiger partial charge on any atom is -0.464 e. The molecule has 2 heterocycles. The highest BCUT2D eigenvalue weighted by Crippen LogP contribution is 2.20. The van der Waals surface area contributed by atoms with E-state index in [1.807, 2.05) is 68.4 Å². The Morgan fingerprint density at radius 2 is 1.74 bits per heavy atom. The molecule has 208 valence electrons. The summed E-state index contributed by atoms with van der Waals surface area (Å²) >= 11 is 6.28. The fraction of sp³-hybridized carbons (Fsp3) is 0.400. The fourth-order valence-corrected chi connectivity index (χ4v) is 4.67. The number of amides is 3. The molecule has 0 unspecified atom stereocenters. The van der Waals surface area contributed by atoms with Gasteiger partial charge < -0.3 is 24.3 Å². The van der Waals surface area contributed by atoms with Crippen molar-refractivity contribution in [2.75, 3.05) is 51.3 Å². The number of rotatable bonds is 11. The molecule has 9 heteroatoms. The van der Waals surface area contributed by atoms with Gasteiger partial charge in [0.15, 0.2) is 0 Å². The smallest absolute Gasteiger partial charge is 0.322 e. The van der Waals surface area contributed by atoms with Gasteiger partial charge in [-0.2, -0.15) is 0 Å². The van der Waals surface area contributed by atoms with E-state index in [9.17, 15) is 9.59 Å². The molecule has 1 fully saturated rings. The van der Waals surface area contributed by atoms with Gasteiger partial charge in [0, 0.05) is 43.4 Å². The number of carbonyl (C=O) groups is 2. The minimum absolute atomic E-state index is 0.0545. The van der Waals surface area contributed by atoms with Crippen LogP contribution in [-0.4, -0.2) is 72.6 Å². The van der Waals surface area contributed by atoms with Gasteiger partial charge in [0.1, 0.15) is 18.1 Å². The van der Waals surface area contributed by atoms with Crippen LogP contribution in [0, 0.1) is 13.8 Å². The zero-order valence-corrected chi connectivity index (χ0v) is 23.5. The molecule has 2 aromatic carbocycles. The number of halogens is 1. The van der Waals surface area contributed by atoms with E-state index >= 15 is 0 Å². The van der Waals surface area contributed by atoms with Crippen LogP contribution in [0.25, 0.3) is 0 Å². The molecule has 1 aliphatic heterocycles. The summed E-state index contributed by atoms with van der Waals surface area (Å²) in [6.45, 7) is 8.92. The number of nitrogens with zero attached hydrogens (tertiary/aromatic N) is 3. The second-order valence-corrected chi connectivity index (χ2v) is 10.3. The molecule has 0 spiro atoms. The van der Waals surface area contributed by atoms with E-state index in [-0.39, 0.29) is 18.5 Å². The molecule has 0 atom stereocenters. The van der Waals surface area contributed by atoms with E-state index in [0.29, 0.717) is 36.1 Å². The lowest BCUT2D eigenvalue weighted by molar-refractivity contribution is -0.133. The zero-order valence-electron chi connectivity index (χ0n) is 22.7. The third kappa shape index (κ3) is 8.85. The maximum absolute atomic E-state index is 13.7. The molecule has 1 aliphatic rings. The summed E-state index contributed by atoms with van der Waals surface area (Å²) in [5, 5.41) is 3.50. The van der Waals surface area contributed by atoms with Crippen LogP contribution in [0.4, 0.5) is 10.5 Å². The first-order chi connectivity index (χ1) is 18.9. The lowest BCUT2D eigenvalue weighted by atomic mass is 10.2. The second kappa shape index (κ2) is 14.2. The number of nitrogens with one attached hydrogen (secondary N) is 1. The van der Waals surface area contributed by atoms with Gasteiger partial charge in [-0.25, -0.2) is 4.79 Å². The molecular formula is C30H37ClN4O4. The van der Waals surface area contributed by atoms with Gasteiger partial charge in [-0.1, -0.05) is 48.0 Å². The van der Waals surface area contributed by atoms with Crippen LogP contribution in [0.2, 0.25) is 5.02 Å². The summed E-state index contributed by atoms with van der Waals surface area (Å²) in [7, 11) is 0. The van der Waals surface area contributed by atoms with Gasteiger partial charge in [0.2, 0.25) is 5.91 Å². The van der Waals surface area contributed by atoms with Crippen molar-refractivity contribution < 1.29 is 18.7 Å². The predicted molar refractivity (Wildman–Crippen MR) is 153 cm³/mol. The first-order valence-electron chi connectivity index (χ1n) is 13.4. The largest absolute Gasteiger partial charge is 0.464 e. The van der Waals surface area contributed by atoms with E-state index in [2.05, 4.69) is 10.2 Å². The number of aryl methyl sites for hydroxylation is 2. The van der Waals surface area contributed by atoms with Crippen molar-refractivity contribution >= 4 is 29.2 Å². The average molecular weight is 553 g/mol. The van der Waals surface area contributed by atoms with Crippen LogP contribution in [-0.2, 0) is 22.6 Å². The number of hydrogen-bond donors (Lipinski definition) is 1. The Morgan fingerprint density at radius 1 is 0.974 bits per heavy atom. The van der Waals surface area contributed by atoms with Crippen LogP contribution in [0.15, 0.2) is 65.1 Å². The van der Waals surface area contributed by atoms with Gasteiger partial charge in [-0.3, -0.25) is 9.69 Å². The van der Waals surface area contributed by atoms with E-state index in [1.54, 1.807) is 15.9 Å². The van der Waals surface area contributed by atoms with Gasteiger partial charge in [0.05, 0.1) is 19.8 Å². The second-order valence-electron chi connectivity index (χ2n) is 9.87. The van der Waals surface area contributed by atoms with Crippen LogP contribution >= 0.6 is 11.6 Å². The number of furan rings is 1. The topological polar surface area (TPSA) is 78.3 Å². The number of benzene rings is 2. The van der Waals surface area contributed by atoms with Crippen molar-refractivity contribution in [2.24, 2.45) is 0 Å². The van der Waals surface area contributed by atoms with Gasteiger partial charge in [-0.15, -0.1) is 0 Å². The molecule has 8 nitrogen and oxygen atoms in total. The minimum atomic E-state index is -0.334. The van der Waals surface area contributed by atoms with Crippen molar-refractivity contribution in [3.05, 3.63) is 88.3 Å². The highest BCUT2D eigenvalue weighted by molar-refractivity contribution is 6.31.